The molecule has 1 saturated heterocycles. The van der Waals surface area contributed by atoms with Gasteiger partial charge in [-0.1, -0.05) is 28.9 Å². The third-order valence-electron chi connectivity index (χ3n) is 5.46. The summed E-state index contributed by atoms with van der Waals surface area (Å²) in [6, 6.07) is 7.19. The van der Waals surface area contributed by atoms with Gasteiger partial charge in [-0.05, 0) is 44.5 Å². The molecule has 1 aromatic carbocycles. The Morgan fingerprint density at radius 1 is 1.23 bits per heavy atom. The van der Waals surface area contributed by atoms with E-state index in [9.17, 15) is 4.79 Å². The molecule has 2 N–H and O–H groups in total. The van der Waals surface area contributed by atoms with Crippen molar-refractivity contribution >= 4 is 29.7 Å². The van der Waals surface area contributed by atoms with E-state index in [0.29, 0.717) is 27.9 Å². The predicted octanol–water partition coefficient (Wildman–Crippen LogP) is 3.59. The number of fused-ring (bicyclic) bond motifs is 1. The van der Waals surface area contributed by atoms with Gasteiger partial charge in [-0.2, -0.15) is 10.1 Å². The van der Waals surface area contributed by atoms with Gasteiger partial charge in [0.05, 0.1) is 11.9 Å². The highest BCUT2D eigenvalue weighted by atomic mass is 35.5. The average Bonchev–Trinajstić information content (AvgIpc) is 3.37. The lowest BCUT2D eigenvalue weighted by molar-refractivity contribution is 0.432. The summed E-state index contributed by atoms with van der Waals surface area (Å²) in [6.07, 6.45) is 3.58. The summed E-state index contributed by atoms with van der Waals surface area (Å²) in [4.78, 5) is 19.7. The van der Waals surface area contributed by atoms with Crippen LogP contribution < -0.4 is 10.9 Å². The molecule has 0 unspecified atom stereocenters. The van der Waals surface area contributed by atoms with Crippen LogP contribution in [0.25, 0.3) is 28.5 Å². The highest BCUT2D eigenvalue weighted by Crippen LogP contribution is 2.30. The van der Waals surface area contributed by atoms with E-state index in [1.54, 1.807) is 16.8 Å². The average molecular weight is 447 g/mol. The van der Waals surface area contributed by atoms with Gasteiger partial charge < -0.3 is 14.8 Å². The maximum atomic E-state index is 12.3. The van der Waals surface area contributed by atoms with E-state index in [2.05, 4.69) is 25.5 Å². The van der Waals surface area contributed by atoms with Crippen LogP contribution in [-0.4, -0.2) is 37.8 Å². The summed E-state index contributed by atoms with van der Waals surface area (Å²) < 4.78 is 7.28. The molecule has 1 aliphatic rings. The Kier molecular flexibility index (Phi) is 5.64. The zero-order valence-corrected chi connectivity index (χ0v) is 17.8. The Balaban J connectivity index is 0.00000218. The normalized spacial score (nSPS) is 14.7. The number of benzene rings is 1. The second-order valence-electron chi connectivity index (χ2n) is 7.24. The second kappa shape index (κ2) is 8.22. The molecule has 156 valence electrons. The minimum absolute atomic E-state index is 0. The Morgan fingerprint density at radius 3 is 2.83 bits per heavy atom. The summed E-state index contributed by atoms with van der Waals surface area (Å²) in [5, 5.41) is 12.6. The van der Waals surface area contributed by atoms with Crippen LogP contribution in [0.3, 0.4) is 0 Å². The van der Waals surface area contributed by atoms with Gasteiger partial charge >= 0.3 is 0 Å². The summed E-state index contributed by atoms with van der Waals surface area (Å²) >= 11 is 6.21. The fourth-order valence-corrected chi connectivity index (χ4v) is 4.04. The monoisotopic (exact) mass is 446 g/mol. The third kappa shape index (κ3) is 3.51. The molecule has 0 saturated carbocycles. The maximum Gasteiger partial charge on any atom is 0.263 e. The molecule has 1 fully saturated rings. The number of hydrogen-bond donors (Lipinski definition) is 2. The van der Waals surface area contributed by atoms with E-state index in [1.807, 2.05) is 25.1 Å². The number of aromatic amines is 1. The first-order valence-corrected chi connectivity index (χ1v) is 9.91. The predicted molar refractivity (Wildman–Crippen MR) is 116 cm³/mol. The number of hydrogen-bond acceptors (Lipinski definition) is 6. The standard InChI is InChI=1S/C20H19ClN6O2.ClH/c1-11-13(3-2-4-15(11)21)18-25-20(29-26-18)14-10-23-27-16(9-17(28)24-19(14)27)12-5-7-22-8-6-12;/h2-4,9-10,12,22H,5-8H2,1H3,(H,24,28);1H. The van der Waals surface area contributed by atoms with Crippen LogP contribution in [0.1, 0.15) is 30.0 Å². The van der Waals surface area contributed by atoms with E-state index in [1.165, 1.54) is 0 Å². The SMILES string of the molecule is Cc1c(Cl)cccc1-c1noc(-c2cnn3c(C4CCNCC4)cc(=O)[nH]c23)n1.Cl. The summed E-state index contributed by atoms with van der Waals surface area (Å²) in [5.41, 5.74) is 3.57. The minimum atomic E-state index is -0.168. The van der Waals surface area contributed by atoms with Crippen molar-refractivity contribution in [3.8, 4) is 22.8 Å². The van der Waals surface area contributed by atoms with Gasteiger partial charge in [-0.15, -0.1) is 12.4 Å². The van der Waals surface area contributed by atoms with Crippen molar-refractivity contribution in [2.45, 2.75) is 25.7 Å². The van der Waals surface area contributed by atoms with Crippen molar-refractivity contribution in [1.29, 1.82) is 0 Å². The van der Waals surface area contributed by atoms with Crippen LogP contribution in [0.5, 0.6) is 0 Å². The number of halogens is 2. The Bertz CT molecular complexity index is 1260. The van der Waals surface area contributed by atoms with Gasteiger partial charge in [0.2, 0.25) is 5.82 Å². The van der Waals surface area contributed by atoms with E-state index >= 15 is 0 Å². The van der Waals surface area contributed by atoms with Crippen molar-refractivity contribution in [2.75, 3.05) is 13.1 Å². The molecule has 0 atom stereocenters. The molecule has 5 rings (SSSR count). The maximum absolute atomic E-state index is 12.3. The third-order valence-corrected chi connectivity index (χ3v) is 5.87. The number of piperidine rings is 1. The lowest BCUT2D eigenvalue weighted by atomic mass is 9.94. The number of nitrogens with zero attached hydrogens (tertiary/aromatic N) is 4. The first-order chi connectivity index (χ1) is 14.1. The molecule has 0 amide bonds. The second-order valence-corrected chi connectivity index (χ2v) is 7.64. The van der Waals surface area contributed by atoms with Crippen molar-refractivity contribution in [1.82, 2.24) is 30.1 Å². The first kappa shape index (κ1) is 20.6. The topological polar surface area (TPSA) is 101 Å². The van der Waals surface area contributed by atoms with Gasteiger partial charge in [-0.25, -0.2) is 4.52 Å². The zero-order chi connectivity index (χ0) is 20.0. The largest absolute Gasteiger partial charge is 0.333 e. The fourth-order valence-electron chi connectivity index (χ4n) is 3.87. The number of nitrogens with one attached hydrogen (secondary N) is 2. The Labute approximate surface area is 183 Å². The van der Waals surface area contributed by atoms with E-state index in [0.717, 1.165) is 42.8 Å². The minimum Gasteiger partial charge on any atom is -0.333 e. The van der Waals surface area contributed by atoms with Gasteiger partial charge in [0.1, 0.15) is 11.2 Å². The molecule has 30 heavy (non-hydrogen) atoms. The Hall–Kier alpha value is -2.68. The lowest BCUT2D eigenvalue weighted by Crippen LogP contribution is -2.28. The number of rotatable bonds is 3. The highest BCUT2D eigenvalue weighted by molar-refractivity contribution is 6.31. The molecule has 10 heteroatoms. The van der Waals surface area contributed by atoms with E-state index < -0.39 is 0 Å². The van der Waals surface area contributed by atoms with Crippen molar-refractivity contribution in [3.63, 3.8) is 0 Å². The molecule has 1 aliphatic heterocycles. The Morgan fingerprint density at radius 2 is 2.03 bits per heavy atom. The van der Waals surface area contributed by atoms with Crippen molar-refractivity contribution in [2.24, 2.45) is 0 Å². The van der Waals surface area contributed by atoms with Gasteiger partial charge in [-0.3, -0.25) is 4.79 Å². The molecule has 3 aromatic heterocycles. The van der Waals surface area contributed by atoms with Crippen molar-refractivity contribution < 1.29 is 4.52 Å². The fraction of sp³-hybridized carbons (Fsp3) is 0.300. The van der Waals surface area contributed by atoms with Gasteiger partial charge in [0, 0.05) is 22.6 Å². The molecular weight excluding hydrogens is 427 g/mol. The summed E-state index contributed by atoms with van der Waals surface area (Å²) in [7, 11) is 0. The van der Waals surface area contributed by atoms with E-state index in [4.69, 9.17) is 16.1 Å². The molecule has 4 heterocycles. The molecule has 0 bridgehead atoms. The summed E-state index contributed by atoms with van der Waals surface area (Å²) in [5.74, 6) is 1.02. The van der Waals surface area contributed by atoms with Crippen LogP contribution >= 0.6 is 24.0 Å². The molecule has 4 aromatic rings. The first-order valence-electron chi connectivity index (χ1n) is 9.53. The van der Waals surface area contributed by atoms with Crippen molar-refractivity contribution in [3.05, 3.63) is 57.1 Å². The molecule has 8 nitrogen and oxygen atoms in total. The van der Waals surface area contributed by atoms with Crippen LogP contribution in [0.4, 0.5) is 0 Å². The number of aromatic nitrogens is 5. The smallest absolute Gasteiger partial charge is 0.263 e. The van der Waals surface area contributed by atoms with E-state index in [-0.39, 0.29) is 23.9 Å². The highest BCUT2D eigenvalue weighted by Gasteiger charge is 2.23. The molecule has 0 spiro atoms. The molecule has 0 aliphatic carbocycles. The molecule has 0 radical (unpaired) electrons. The van der Waals surface area contributed by atoms with Crippen LogP contribution in [0.2, 0.25) is 5.02 Å². The van der Waals surface area contributed by atoms with Crippen LogP contribution in [0.15, 0.2) is 39.8 Å². The number of H-pyrrole nitrogens is 1. The zero-order valence-electron chi connectivity index (χ0n) is 16.2. The quantitative estimate of drug-likeness (QED) is 0.498. The van der Waals surface area contributed by atoms with Gasteiger partial charge in [0.15, 0.2) is 0 Å². The summed E-state index contributed by atoms with van der Waals surface area (Å²) in [6.45, 7) is 3.77. The van der Waals surface area contributed by atoms with Crippen LogP contribution in [-0.2, 0) is 0 Å². The lowest BCUT2D eigenvalue weighted by Gasteiger charge is -2.23. The molecular formula is C20H20Cl2N6O2. The van der Waals surface area contributed by atoms with Gasteiger partial charge in [0.25, 0.3) is 11.4 Å². The van der Waals surface area contributed by atoms with Crippen LogP contribution in [0, 0.1) is 6.92 Å².